The van der Waals surface area contributed by atoms with Gasteiger partial charge in [-0.1, -0.05) is 30.3 Å². The minimum absolute atomic E-state index is 0.0649. The second kappa shape index (κ2) is 10.1. The molecule has 172 valence electrons. The standard InChI is InChI=1S/C26H24F3NO3/c1-32-21-11-4-17(5-12-21)16-33-26(19-8-13-22(28)23(29)15-19)25(30-14-2-3-24(30)31)18-6-9-20(27)10-7-18/h4-13,15,25-26H,2-3,14,16H2,1H3/t25-,26+/m0/s1. The van der Waals surface area contributed by atoms with Gasteiger partial charge in [-0.05, 0) is 59.5 Å². The molecule has 7 heteroatoms. The third kappa shape index (κ3) is 5.20. The van der Waals surface area contributed by atoms with E-state index in [1.807, 2.05) is 12.1 Å². The highest BCUT2D eigenvalue weighted by atomic mass is 19.2. The largest absolute Gasteiger partial charge is 0.497 e. The lowest BCUT2D eigenvalue weighted by atomic mass is 9.94. The summed E-state index contributed by atoms with van der Waals surface area (Å²) in [4.78, 5) is 14.4. The maximum absolute atomic E-state index is 14.2. The molecule has 1 amide bonds. The molecule has 0 aromatic heterocycles. The first-order valence-electron chi connectivity index (χ1n) is 10.7. The molecule has 0 bridgehead atoms. The molecule has 2 atom stereocenters. The summed E-state index contributed by atoms with van der Waals surface area (Å²) in [5.74, 6) is -1.75. The van der Waals surface area contributed by atoms with E-state index in [9.17, 15) is 18.0 Å². The fourth-order valence-electron chi connectivity index (χ4n) is 4.11. The van der Waals surface area contributed by atoms with Gasteiger partial charge >= 0.3 is 0 Å². The number of hydrogen-bond acceptors (Lipinski definition) is 3. The summed E-state index contributed by atoms with van der Waals surface area (Å²) >= 11 is 0. The summed E-state index contributed by atoms with van der Waals surface area (Å²) in [6.45, 7) is 0.653. The molecule has 1 saturated heterocycles. The monoisotopic (exact) mass is 455 g/mol. The molecular weight excluding hydrogens is 431 g/mol. The van der Waals surface area contributed by atoms with Crippen molar-refractivity contribution in [2.75, 3.05) is 13.7 Å². The Labute approximate surface area is 190 Å². The minimum Gasteiger partial charge on any atom is -0.497 e. The third-order valence-corrected chi connectivity index (χ3v) is 5.80. The number of halogens is 3. The zero-order chi connectivity index (χ0) is 23.4. The van der Waals surface area contributed by atoms with E-state index in [-0.39, 0.29) is 12.5 Å². The normalized spacial score (nSPS) is 15.5. The smallest absolute Gasteiger partial charge is 0.223 e. The first-order chi connectivity index (χ1) is 16.0. The molecule has 1 heterocycles. The first-order valence-corrected chi connectivity index (χ1v) is 10.7. The number of benzene rings is 3. The van der Waals surface area contributed by atoms with Crippen LogP contribution in [0.2, 0.25) is 0 Å². The molecule has 1 aliphatic rings. The van der Waals surface area contributed by atoms with Gasteiger partial charge in [0.2, 0.25) is 5.91 Å². The second-order valence-electron chi connectivity index (χ2n) is 7.94. The van der Waals surface area contributed by atoms with E-state index < -0.39 is 29.6 Å². The van der Waals surface area contributed by atoms with Crippen molar-refractivity contribution in [1.82, 2.24) is 4.90 Å². The maximum Gasteiger partial charge on any atom is 0.223 e. The van der Waals surface area contributed by atoms with E-state index in [4.69, 9.17) is 9.47 Å². The van der Waals surface area contributed by atoms with Crippen molar-refractivity contribution in [2.24, 2.45) is 0 Å². The highest BCUT2D eigenvalue weighted by Gasteiger charge is 2.36. The van der Waals surface area contributed by atoms with Gasteiger partial charge in [0, 0.05) is 13.0 Å². The number of carbonyl (C=O) groups excluding carboxylic acids is 1. The fourth-order valence-corrected chi connectivity index (χ4v) is 4.11. The van der Waals surface area contributed by atoms with Crippen LogP contribution in [-0.4, -0.2) is 24.5 Å². The molecule has 3 aromatic rings. The van der Waals surface area contributed by atoms with Crippen LogP contribution in [0.4, 0.5) is 13.2 Å². The van der Waals surface area contributed by atoms with Crippen molar-refractivity contribution < 1.29 is 27.4 Å². The Morgan fingerprint density at radius 2 is 1.61 bits per heavy atom. The van der Waals surface area contributed by atoms with Gasteiger partial charge in [-0.15, -0.1) is 0 Å². The topological polar surface area (TPSA) is 38.8 Å². The van der Waals surface area contributed by atoms with Gasteiger partial charge in [0.15, 0.2) is 11.6 Å². The molecule has 4 rings (SSSR count). The highest BCUT2D eigenvalue weighted by molar-refractivity contribution is 5.78. The predicted molar refractivity (Wildman–Crippen MR) is 117 cm³/mol. The van der Waals surface area contributed by atoms with Crippen LogP contribution in [0.1, 0.15) is 41.7 Å². The van der Waals surface area contributed by atoms with Crippen LogP contribution in [0.3, 0.4) is 0 Å². The van der Waals surface area contributed by atoms with Gasteiger partial charge in [-0.2, -0.15) is 0 Å². The molecule has 0 unspecified atom stereocenters. The zero-order valence-electron chi connectivity index (χ0n) is 18.1. The highest BCUT2D eigenvalue weighted by Crippen LogP contribution is 2.40. The average molecular weight is 455 g/mol. The SMILES string of the molecule is COc1ccc(CO[C@H](c2ccc(F)c(F)c2)[C@H](c2ccc(F)cc2)N2CCCC2=O)cc1. The second-order valence-corrected chi connectivity index (χ2v) is 7.94. The number of likely N-dealkylation sites (tertiary alicyclic amines) is 1. The number of ether oxygens (including phenoxy) is 2. The summed E-state index contributed by atoms with van der Waals surface area (Å²) in [7, 11) is 1.57. The molecular formula is C26H24F3NO3. The number of carbonyl (C=O) groups is 1. The van der Waals surface area contributed by atoms with Crippen molar-refractivity contribution in [1.29, 1.82) is 0 Å². The predicted octanol–water partition coefficient (Wildman–Crippen LogP) is 5.73. The molecule has 1 aliphatic heterocycles. The van der Waals surface area contributed by atoms with Crippen molar-refractivity contribution >= 4 is 5.91 Å². The summed E-state index contributed by atoms with van der Waals surface area (Å²) in [6, 6.07) is 16.0. The number of nitrogens with zero attached hydrogens (tertiary/aromatic N) is 1. The quantitative estimate of drug-likeness (QED) is 0.435. The Bertz CT molecular complexity index is 1100. The van der Waals surface area contributed by atoms with E-state index >= 15 is 0 Å². The Balaban J connectivity index is 1.73. The minimum atomic E-state index is -1.00. The molecule has 0 N–H and O–H groups in total. The molecule has 0 saturated carbocycles. The van der Waals surface area contributed by atoms with Crippen LogP contribution in [0.15, 0.2) is 66.7 Å². The number of hydrogen-bond donors (Lipinski definition) is 0. The molecule has 3 aromatic carbocycles. The van der Waals surface area contributed by atoms with E-state index in [0.717, 1.165) is 17.7 Å². The van der Waals surface area contributed by atoms with Crippen molar-refractivity contribution in [3.05, 3.63) is 101 Å². The van der Waals surface area contributed by atoms with Crippen LogP contribution >= 0.6 is 0 Å². The first kappa shape index (κ1) is 22.9. The van der Waals surface area contributed by atoms with Gasteiger partial charge in [0.1, 0.15) is 17.7 Å². The van der Waals surface area contributed by atoms with Gasteiger partial charge < -0.3 is 14.4 Å². The Morgan fingerprint density at radius 1 is 0.909 bits per heavy atom. The third-order valence-electron chi connectivity index (χ3n) is 5.80. The lowest BCUT2D eigenvalue weighted by molar-refractivity contribution is -0.134. The number of amides is 1. The molecule has 4 nitrogen and oxygen atoms in total. The van der Waals surface area contributed by atoms with E-state index in [0.29, 0.717) is 36.3 Å². The van der Waals surface area contributed by atoms with Crippen LogP contribution in [-0.2, 0) is 16.1 Å². The van der Waals surface area contributed by atoms with Crippen LogP contribution in [0.25, 0.3) is 0 Å². The maximum atomic E-state index is 14.2. The van der Waals surface area contributed by atoms with Crippen LogP contribution < -0.4 is 4.74 Å². The van der Waals surface area contributed by atoms with E-state index in [1.165, 1.54) is 18.2 Å². The van der Waals surface area contributed by atoms with Crippen LogP contribution in [0.5, 0.6) is 5.75 Å². The molecule has 0 aliphatic carbocycles. The zero-order valence-corrected chi connectivity index (χ0v) is 18.1. The molecule has 33 heavy (non-hydrogen) atoms. The molecule has 0 radical (unpaired) electrons. The van der Waals surface area contributed by atoms with Gasteiger partial charge in [0.05, 0.1) is 19.8 Å². The summed E-state index contributed by atoms with van der Waals surface area (Å²) < 4.78 is 53.0. The Kier molecular flexibility index (Phi) is 6.99. The fraction of sp³-hybridized carbons (Fsp3) is 0.269. The Morgan fingerprint density at radius 3 is 2.21 bits per heavy atom. The van der Waals surface area contributed by atoms with Crippen molar-refractivity contribution in [2.45, 2.75) is 31.6 Å². The lowest BCUT2D eigenvalue weighted by Gasteiger charge is -2.35. The number of rotatable bonds is 8. The van der Waals surface area contributed by atoms with Crippen LogP contribution in [0, 0.1) is 17.5 Å². The van der Waals surface area contributed by atoms with Gasteiger partial charge in [0.25, 0.3) is 0 Å². The summed E-state index contributed by atoms with van der Waals surface area (Å²) in [5, 5.41) is 0. The van der Waals surface area contributed by atoms with Gasteiger partial charge in [-0.3, -0.25) is 4.79 Å². The average Bonchev–Trinajstić information content (AvgIpc) is 3.25. The summed E-state index contributed by atoms with van der Waals surface area (Å²) in [5.41, 5.74) is 1.88. The van der Waals surface area contributed by atoms with Crippen molar-refractivity contribution in [3.63, 3.8) is 0 Å². The summed E-state index contributed by atoms with van der Waals surface area (Å²) in [6.07, 6.45) is 0.259. The van der Waals surface area contributed by atoms with E-state index in [1.54, 1.807) is 36.3 Å². The molecule has 0 spiro atoms. The Hall–Kier alpha value is -3.32. The van der Waals surface area contributed by atoms with E-state index in [2.05, 4.69) is 0 Å². The lowest BCUT2D eigenvalue weighted by Crippen LogP contribution is -2.35. The van der Waals surface area contributed by atoms with Gasteiger partial charge in [-0.25, -0.2) is 13.2 Å². The number of methoxy groups -OCH3 is 1. The van der Waals surface area contributed by atoms with Crippen molar-refractivity contribution in [3.8, 4) is 5.75 Å². The molecule has 1 fully saturated rings.